The van der Waals surface area contributed by atoms with Gasteiger partial charge in [-0.3, -0.25) is 4.79 Å². The number of fused-ring (bicyclic) bond motifs is 1. The van der Waals surface area contributed by atoms with E-state index >= 15 is 0 Å². The van der Waals surface area contributed by atoms with Crippen LogP contribution >= 0.6 is 11.3 Å². The molecule has 6 nitrogen and oxygen atoms in total. The van der Waals surface area contributed by atoms with Crippen LogP contribution in [-0.4, -0.2) is 27.8 Å². The van der Waals surface area contributed by atoms with Crippen LogP contribution in [0.3, 0.4) is 0 Å². The maximum Gasteiger partial charge on any atom is 0.291 e. The van der Waals surface area contributed by atoms with Crippen LogP contribution in [0.25, 0.3) is 22.4 Å². The predicted molar refractivity (Wildman–Crippen MR) is 115 cm³/mol. The summed E-state index contributed by atoms with van der Waals surface area (Å²) >= 11 is 1.32. The van der Waals surface area contributed by atoms with Crippen LogP contribution in [0.4, 0.5) is 0 Å². The second-order valence-electron chi connectivity index (χ2n) is 6.17. The van der Waals surface area contributed by atoms with E-state index in [0.29, 0.717) is 28.5 Å². The topological polar surface area (TPSA) is 65.7 Å². The smallest absolute Gasteiger partial charge is 0.291 e. The van der Waals surface area contributed by atoms with Crippen LogP contribution in [0.2, 0.25) is 0 Å². The summed E-state index contributed by atoms with van der Waals surface area (Å²) in [5, 5.41) is 4.38. The van der Waals surface area contributed by atoms with E-state index in [-0.39, 0.29) is 5.56 Å². The molecule has 4 aromatic rings. The van der Waals surface area contributed by atoms with Gasteiger partial charge in [0.15, 0.2) is 5.82 Å². The molecule has 7 heteroatoms. The lowest BCUT2D eigenvalue weighted by Crippen LogP contribution is -2.23. The van der Waals surface area contributed by atoms with Crippen molar-refractivity contribution < 1.29 is 9.47 Å². The van der Waals surface area contributed by atoms with Gasteiger partial charge >= 0.3 is 0 Å². The molecule has 29 heavy (non-hydrogen) atoms. The molecule has 0 aliphatic heterocycles. The highest BCUT2D eigenvalue weighted by molar-refractivity contribution is 7.15. The van der Waals surface area contributed by atoms with E-state index in [0.717, 1.165) is 22.6 Å². The molecular formula is C22H19N3O3S. The third kappa shape index (κ3) is 4.05. The minimum Gasteiger partial charge on any atom is -0.494 e. The number of hydrogen-bond donors (Lipinski definition) is 0. The van der Waals surface area contributed by atoms with Gasteiger partial charge in [-0.15, -0.1) is 5.10 Å². The fraction of sp³-hybridized carbons (Fsp3) is 0.136. The first kappa shape index (κ1) is 18.9. The number of benzene rings is 2. The van der Waals surface area contributed by atoms with Crippen molar-refractivity contribution in [2.75, 3.05) is 13.2 Å². The summed E-state index contributed by atoms with van der Waals surface area (Å²) < 4.78 is 12.9. The van der Waals surface area contributed by atoms with E-state index in [1.807, 2.05) is 61.5 Å². The van der Waals surface area contributed by atoms with Crippen LogP contribution in [0.15, 0.2) is 66.0 Å². The normalized spacial score (nSPS) is 11.7. The van der Waals surface area contributed by atoms with Crippen molar-refractivity contribution in [3.05, 3.63) is 81.6 Å². The summed E-state index contributed by atoms with van der Waals surface area (Å²) in [6.07, 6.45) is 3.52. The Labute approximate surface area is 171 Å². The zero-order valence-corrected chi connectivity index (χ0v) is 16.7. The Balaban J connectivity index is 1.62. The lowest BCUT2D eigenvalue weighted by molar-refractivity contribution is 0.340. The standard InChI is InChI=1S/C22H19N3O3S/c1-3-13-28-18-9-5-15(6-10-18)14-19-21(26)25-22(29-19)23-20(24-25)16-7-11-17(12-8-16)27-4-2/h3,5-12,14H,1,4,13H2,2H3/b19-14+. The number of aromatic nitrogens is 3. The van der Waals surface area contributed by atoms with Crippen molar-refractivity contribution in [3.8, 4) is 22.9 Å². The third-order valence-corrected chi connectivity index (χ3v) is 5.11. The summed E-state index contributed by atoms with van der Waals surface area (Å²) in [6.45, 7) is 6.63. The molecule has 0 saturated heterocycles. The van der Waals surface area contributed by atoms with Crippen LogP contribution in [-0.2, 0) is 0 Å². The van der Waals surface area contributed by atoms with E-state index in [1.54, 1.807) is 6.08 Å². The van der Waals surface area contributed by atoms with Crippen LogP contribution in [0, 0.1) is 0 Å². The summed E-state index contributed by atoms with van der Waals surface area (Å²) in [7, 11) is 0. The molecule has 4 rings (SSSR count). The van der Waals surface area contributed by atoms with Crippen LogP contribution < -0.4 is 19.6 Å². The molecule has 0 amide bonds. The highest BCUT2D eigenvalue weighted by atomic mass is 32.1. The Bertz CT molecular complexity index is 1240. The lowest BCUT2D eigenvalue weighted by Gasteiger charge is -2.02. The maximum absolute atomic E-state index is 12.7. The van der Waals surface area contributed by atoms with E-state index in [1.165, 1.54) is 15.9 Å². The quantitative estimate of drug-likeness (QED) is 0.441. The molecule has 0 spiro atoms. The third-order valence-electron chi connectivity index (χ3n) is 4.15. The molecule has 0 aliphatic carbocycles. The van der Waals surface area contributed by atoms with Gasteiger partial charge in [-0.25, -0.2) is 0 Å². The molecule has 0 N–H and O–H groups in total. The van der Waals surface area contributed by atoms with E-state index in [9.17, 15) is 4.79 Å². The van der Waals surface area contributed by atoms with Crippen molar-refractivity contribution in [1.82, 2.24) is 14.6 Å². The maximum atomic E-state index is 12.7. The Hall–Kier alpha value is -3.45. The Morgan fingerprint density at radius 2 is 1.76 bits per heavy atom. The Kier molecular flexibility index (Phi) is 5.39. The van der Waals surface area contributed by atoms with E-state index in [2.05, 4.69) is 16.7 Å². The van der Waals surface area contributed by atoms with Gasteiger partial charge < -0.3 is 9.47 Å². The molecule has 0 unspecified atom stereocenters. The zero-order chi connectivity index (χ0) is 20.2. The highest BCUT2D eigenvalue weighted by Gasteiger charge is 2.12. The van der Waals surface area contributed by atoms with Gasteiger partial charge in [-0.2, -0.15) is 9.50 Å². The SMILES string of the molecule is C=CCOc1ccc(/C=c2/sc3nc(-c4ccc(OCC)cc4)nn3c2=O)cc1. The number of nitrogens with zero attached hydrogens (tertiary/aromatic N) is 3. The number of ether oxygens (including phenoxy) is 2. The molecule has 0 fully saturated rings. The van der Waals surface area contributed by atoms with Gasteiger partial charge in [0, 0.05) is 5.56 Å². The van der Waals surface area contributed by atoms with Gasteiger partial charge in [-0.05, 0) is 55.0 Å². The minimum atomic E-state index is -0.179. The molecular weight excluding hydrogens is 386 g/mol. The molecule has 0 atom stereocenters. The van der Waals surface area contributed by atoms with Crippen molar-refractivity contribution in [3.63, 3.8) is 0 Å². The molecule has 0 bridgehead atoms. The lowest BCUT2D eigenvalue weighted by atomic mass is 10.2. The average molecular weight is 405 g/mol. The first-order valence-electron chi connectivity index (χ1n) is 9.16. The number of rotatable bonds is 7. The van der Waals surface area contributed by atoms with Gasteiger partial charge in [0.05, 0.1) is 11.1 Å². The van der Waals surface area contributed by atoms with E-state index < -0.39 is 0 Å². The largest absolute Gasteiger partial charge is 0.494 e. The van der Waals surface area contributed by atoms with Crippen molar-refractivity contribution in [1.29, 1.82) is 0 Å². The number of thiazole rings is 1. The van der Waals surface area contributed by atoms with Crippen LogP contribution in [0.1, 0.15) is 12.5 Å². The first-order chi connectivity index (χ1) is 14.2. The molecule has 0 radical (unpaired) electrons. The van der Waals surface area contributed by atoms with Gasteiger partial charge in [-0.1, -0.05) is 36.1 Å². The zero-order valence-electron chi connectivity index (χ0n) is 15.9. The van der Waals surface area contributed by atoms with Gasteiger partial charge in [0.2, 0.25) is 4.96 Å². The summed E-state index contributed by atoms with van der Waals surface area (Å²) in [6, 6.07) is 15.0. The fourth-order valence-corrected chi connectivity index (χ4v) is 3.70. The minimum absolute atomic E-state index is 0.179. The second kappa shape index (κ2) is 8.28. The van der Waals surface area contributed by atoms with E-state index in [4.69, 9.17) is 9.47 Å². The molecule has 2 aromatic heterocycles. The Morgan fingerprint density at radius 1 is 1.07 bits per heavy atom. The Morgan fingerprint density at radius 3 is 2.41 bits per heavy atom. The molecule has 0 aliphatic rings. The van der Waals surface area contributed by atoms with Gasteiger partial charge in [0.25, 0.3) is 5.56 Å². The molecule has 0 saturated carbocycles. The monoisotopic (exact) mass is 405 g/mol. The molecule has 2 aromatic carbocycles. The number of hydrogen-bond acceptors (Lipinski definition) is 6. The van der Waals surface area contributed by atoms with Crippen molar-refractivity contribution in [2.45, 2.75) is 6.92 Å². The second-order valence-corrected chi connectivity index (χ2v) is 7.18. The summed E-state index contributed by atoms with van der Waals surface area (Å²) in [5.74, 6) is 2.07. The van der Waals surface area contributed by atoms with Crippen molar-refractivity contribution >= 4 is 22.4 Å². The van der Waals surface area contributed by atoms with Crippen molar-refractivity contribution in [2.24, 2.45) is 0 Å². The molecule has 2 heterocycles. The first-order valence-corrected chi connectivity index (χ1v) is 9.98. The van der Waals surface area contributed by atoms with Crippen LogP contribution in [0.5, 0.6) is 11.5 Å². The van der Waals surface area contributed by atoms with Gasteiger partial charge in [0.1, 0.15) is 18.1 Å². The highest BCUT2D eigenvalue weighted by Crippen LogP contribution is 2.20. The molecule has 146 valence electrons. The summed E-state index contributed by atoms with van der Waals surface area (Å²) in [5.41, 5.74) is 1.57. The summed E-state index contributed by atoms with van der Waals surface area (Å²) in [4.78, 5) is 17.8. The average Bonchev–Trinajstić information content (AvgIpc) is 3.28. The fourth-order valence-electron chi connectivity index (χ4n) is 2.79. The predicted octanol–water partition coefficient (Wildman–Crippen LogP) is 3.33.